The Morgan fingerprint density at radius 1 is 1.32 bits per heavy atom. The van der Waals surface area contributed by atoms with Gasteiger partial charge >= 0.3 is 0 Å². The van der Waals surface area contributed by atoms with Crippen LogP contribution >= 0.6 is 22.6 Å². The van der Waals surface area contributed by atoms with E-state index in [1.165, 1.54) is 0 Å². The van der Waals surface area contributed by atoms with Gasteiger partial charge in [-0.15, -0.1) is 0 Å². The van der Waals surface area contributed by atoms with Crippen LogP contribution in [0.3, 0.4) is 0 Å². The van der Waals surface area contributed by atoms with E-state index in [-0.39, 0.29) is 5.56 Å². The van der Waals surface area contributed by atoms with Crippen LogP contribution in [0.25, 0.3) is 10.9 Å². The molecule has 0 unspecified atom stereocenters. The summed E-state index contributed by atoms with van der Waals surface area (Å²) >= 11 is 2.19. The van der Waals surface area contributed by atoms with Crippen molar-refractivity contribution in [3.8, 4) is 0 Å². The lowest BCUT2D eigenvalue weighted by Crippen LogP contribution is -2.21. The van der Waals surface area contributed by atoms with E-state index in [4.69, 9.17) is 0 Å². The summed E-state index contributed by atoms with van der Waals surface area (Å²) < 4.78 is 4.33. The first kappa shape index (κ1) is 12.3. The molecule has 96 valence electrons. The Bertz CT molecular complexity index is 806. The van der Waals surface area contributed by atoms with E-state index in [0.717, 1.165) is 14.8 Å². The van der Waals surface area contributed by atoms with Crippen LogP contribution in [-0.2, 0) is 13.6 Å². The van der Waals surface area contributed by atoms with Gasteiger partial charge in [0.05, 0.1) is 29.5 Å². The Kier molecular flexibility index (Phi) is 3.09. The van der Waals surface area contributed by atoms with Crippen LogP contribution in [0.15, 0.2) is 41.6 Å². The van der Waals surface area contributed by atoms with E-state index in [1.54, 1.807) is 15.6 Å². The standard InChI is InChI=1S/C13H11IN4O/c1-17-5-4-10(16-17)7-18-8-15-12-3-2-9(14)6-11(12)13(18)19/h2-6,8H,7H2,1H3. The second-order valence-corrected chi connectivity index (χ2v) is 5.57. The third-order valence-electron chi connectivity index (χ3n) is 2.89. The van der Waals surface area contributed by atoms with Gasteiger partial charge in [0.15, 0.2) is 0 Å². The Morgan fingerprint density at radius 3 is 2.89 bits per heavy atom. The van der Waals surface area contributed by atoms with E-state index in [9.17, 15) is 4.79 Å². The minimum Gasteiger partial charge on any atom is -0.293 e. The highest BCUT2D eigenvalue weighted by Crippen LogP contribution is 2.11. The average molecular weight is 366 g/mol. The van der Waals surface area contributed by atoms with Crippen molar-refractivity contribution in [2.24, 2.45) is 7.05 Å². The van der Waals surface area contributed by atoms with Gasteiger partial charge in [0, 0.05) is 16.8 Å². The first-order chi connectivity index (χ1) is 9.13. The summed E-state index contributed by atoms with van der Waals surface area (Å²) in [7, 11) is 1.85. The van der Waals surface area contributed by atoms with Gasteiger partial charge in [-0.1, -0.05) is 0 Å². The van der Waals surface area contributed by atoms with Gasteiger partial charge in [-0.05, 0) is 46.9 Å². The van der Waals surface area contributed by atoms with Crippen LogP contribution in [0.4, 0.5) is 0 Å². The molecule has 2 heterocycles. The topological polar surface area (TPSA) is 52.7 Å². The number of hydrogen-bond acceptors (Lipinski definition) is 3. The van der Waals surface area contributed by atoms with Gasteiger partial charge < -0.3 is 0 Å². The predicted octanol–water partition coefficient (Wildman–Crippen LogP) is 1.78. The number of rotatable bonds is 2. The molecule has 3 rings (SSSR count). The molecule has 5 nitrogen and oxygen atoms in total. The van der Waals surface area contributed by atoms with Crippen LogP contribution in [0.5, 0.6) is 0 Å². The lowest BCUT2D eigenvalue weighted by molar-refractivity contribution is 0.687. The van der Waals surface area contributed by atoms with Crippen molar-refractivity contribution >= 4 is 33.5 Å². The third-order valence-corrected chi connectivity index (χ3v) is 3.56. The van der Waals surface area contributed by atoms with Crippen LogP contribution in [0, 0.1) is 3.57 Å². The maximum absolute atomic E-state index is 12.4. The third kappa shape index (κ3) is 2.40. The van der Waals surface area contributed by atoms with Gasteiger partial charge in [0.2, 0.25) is 0 Å². The molecule has 0 aliphatic heterocycles. The Labute approximate surface area is 123 Å². The zero-order valence-electron chi connectivity index (χ0n) is 10.2. The SMILES string of the molecule is Cn1ccc(Cn2cnc3ccc(I)cc3c2=O)n1. The fourth-order valence-electron chi connectivity index (χ4n) is 1.97. The van der Waals surface area contributed by atoms with Crippen LogP contribution in [-0.4, -0.2) is 19.3 Å². The molecule has 6 heteroatoms. The van der Waals surface area contributed by atoms with Crippen molar-refractivity contribution in [2.45, 2.75) is 6.54 Å². The lowest BCUT2D eigenvalue weighted by Gasteiger charge is -2.05. The Hall–Kier alpha value is -1.70. The molecule has 19 heavy (non-hydrogen) atoms. The molecule has 0 atom stereocenters. The van der Waals surface area contributed by atoms with Crippen molar-refractivity contribution in [3.05, 3.63) is 56.4 Å². The van der Waals surface area contributed by atoms with Crippen LogP contribution in [0.2, 0.25) is 0 Å². The van der Waals surface area contributed by atoms with Gasteiger partial charge in [0.25, 0.3) is 5.56 Å². The number of fused-ring (bicyclic) bond motifs is 1. The highest BCUT2D eigenvalue weighted by molar-refractivity contribution is 14.1. The fraction of sp³-hybridized carbons (Fsp3) is 0.154. The van der Waals surface area contributed by atoms with Crippen molar-refractivity contribution < 1.29 is 0 Å². The molecule has 1 aromatic carbocycles. The maximum atomic E-state index is 12.4. The molecular formula is C13H11IN4O. The highest BCUT2D eigenvalue weighted by atomic mass is 127. The normalized spacial score (nSPS) is 11.1. The molecule has 0 amide bonds. The van der Waals surface area contributed by atoms with E-state index < -0.39 is 0 Å². The summed E-state index contributed by atoms with van der Waals surface area (Å²) in [5.74, 6) is 0. The Balaban J connectivity index is 2.09. The minimum atomic E-state index is -0.0332. The molecule has 0 saturated carbocycles. The summed E-state index contributed by atoms with van der Waals surface area (Å²) in [4.78, 5) is 16.7. The number of benzene rings is 1. The summed E-state index contributed by atoms with van der Waals surface area (Å²) in [6.07, 6.45) is 3.43. The van der Waals surface area contributed by atoms with Crippen molar-refractivity contribution in [1.29, 1.82) is 0 Å². The van der Waals surface area contributed by atoms with E-state index in [0.29, 0.717) is 11.9 Å². The lowest BCUT2D eigenvalue weighted by atomic mass is 10.2. The van der Waals surface area contributed by atoms with E-state index >= 15 is 0 Å². The zero-order chi connectivity index (χ0) is 13.4. The number of nitrogens with zero attached hydrogens (tertiary/aromatic N) is 4. The molecule has 0 N–H and O–H groups in total. The molecule has 0 aliphatic rings. The first-order valence-corrected chi connectivity index (χ1v) is 6.84. The van der Waals surface area contributed by atoms with Crippen molar-refractivity contribution in [1.82, 2.24) is 19.3 Å². The van der Waals surface area contributed by atoms with E-state index in [1.807, 2.05) is 37.5 Å². The van der Waals surface area contributed by atoms with Gasteiger partial charge in [-0.3, -0.25) is 14.0 Å². The number of aromatic nitrogens is 4. The zero-order valence-corrected chi connectivity index (χ0v) is 12.4. The monoisotopic (exact) mass is 366 g/mol. The molecule has 0 saturated heterocycles. The molecule has 2 aromatic heterocycles. The number of hydrogen-bond donors (Lipinski definition) is 0. The second-order valence-electron chi connectivity index (χ2n) is 4.32. The number of aryl methyl sites for hydroxylation is 1. The molecule has 0 fully saturated rings. The first-order valence-electron chi connectivity index (χ1n) is 5.77. The second kappa shape index (κ2) is 4.76. The molecule has 0 aliphatic carbocycles. The summed E-state index contributed by atoms with van der Waals surface area (Å²) in [6.45, 7) is 0.439. The maximum Gasteiger partial charge on any atom is 0.261 e. The summed E-state index contributed by atoms with van der Waals surface area (Å²) in [6, 6.07) is 7.56. The summed E-state index contributed by atoms with van der Waals surface area (Å²) in [5, 5.41) is 4.92. The van der Waals surface area contributed by atoms with Gasteiger partial charge in [0.1, 0.15) is 0 Å². The smallest absolute Gasteiger partial charge is 0.261 e. The fourth-order valence-corrected chi connectivity index (χ4v) is 2.46. The quantitative estimate of drug-likeness (QED) is 0.650. The number of halogens is 1. The van der Waals surface area contributed by atoms with Crippen molar-refractivity contribution in [3.63, 3.8) is 0 Å². The predicted molar refractivity (Wildman–Crippen MR) is 81.0 cm³/mol. The van der Waals surface area contributed by atoms with Gasteiger partial charge in [-0.25, -0.2) is 4.98 Å². The molecule has 3 aromatic rings. The largest absolute Gasteiger partial charge is 0.293 e. The molecule has 0 bridgehead atoms. The molecule has 0 spiro atoms. The minimum absolute atomic E-state index is 0.0332. The highest BCUT2D eigenvalue weighted by Gasteiger charge is 2.06. The van der Waals surface area contributed by atoms with E-state index in [2.05, 4.69) is 32.7 Å². The Morgan fingerprint density at radius 2 is 2.16 bits per heavy atom. The average Bonchev–Trinajstić information content (AvgIpc) is 2.79. The van der Waals surface area contributed by atoms with Crippen LogP contribution in [0.1, 0.15) is 5.69 Å². The van der Waals surface area contributed by atoms with Crippen LogP contribution < -0.4 is 5.56 Å². The van der Waals surface area contributed by atoms with Gasteiger partial charge in [-0.2, -0.15) is 5.10 Å². The molecular weight excluding hydrogens is 355 g/mol. The molecule has 0 radical (unpaired) electrons. The summed E-state index contributed by atoms with van der Waals surface area (Å²) in [5.41, 5.74) is 1.54. The van der Waals surface area contributed by atoms with Crippen molar-refractivity contribution in [2.75, 3.05) is 0 Å².